The lowest BCUT2D eigenvalue weighted by atomic mass is 10.2. The zero-order valence-corrected chi connectivity index (χ0v) is 9.17. The van der Waals surface area contributed by atoms with E-state index in [1.54, 1.807) is 18.2 Å². The minimum absolute atomic E-state index is 0.0817. The molecule has 0 saturated carbocycles. The summed E-state index contributed by atoms with van der Waals surface area (Å²) >= 11 is 5.57. The van der Waals surface area contributed by atoms with E-state index < -0.39 is 5.82 Å². The van der Waals surface area contributed by atoms with Crippen molar-refractivity contribution in [2.24, 2.45) is 0 Å². The Labute approximate surface area is 98.4 Å². The quantitative estimate of drug-likeness (QED) is 0.747. The van der Waals surface area contributed by atoms with Crippen molar-refractivity contribution in [1.82, 2.24) is 0 Å². The Hall–Kier alpha value is -1.54. The molecular formula is C13H9ClFO. The molecule has 0 heterocycles. The average molecular weight is 236 g/mol. The average Bonchev–Trinajstić information content (AvgIpc) is 2.24. The summed E-state index contributed by atoms with van der Waals surface area (Å²) < 4.78 is 18.6. The molecule has 0 amide bonds. The van der Waals surface area contributed by atoms with Gasteiger partial charge in [0, 0.05) is 6.07 Å². The normalized spacial score (nSPS) is 10.2. The molecule has 0 bridgehead atoms. The number of benzene rings is 2. The van der Waals surface area contributed by atoms with Crippen LogP contribution in [0.15, 0.2) is 42.5 Å². The Morgan fingerprint density at radius 2 is 1.81 bits per heavy atom. The van der Waals surface area contributed by atoms with Crippen LogP contribution in [0.25, 0.3) is 0 Å². The van der Waals surface area contributed by atoms with Gasteiger partial charge in [0.15, 0.2) is 0 Å². The molecule has 1 radical (unpaired) electrons. The third-order valence-corrected chi connectivity index (χ3v) is 2.33. The second-order valence-corrected chi connectivity index (χ2v) is 3.73. The van der Waals surface area contributed by atoms with Crippen LogP contribution in [0.5, 0.6) is 11.5 Å². The van der Waals surface area contributed by atoms with Gasteiger partial charge in [-0.3, -0.25) is 0 Å². The molecule has 3 heteroatoms. The second kappa shape index (κ2) is 4.54. The van der Waals surface area contributed by atoms with E-state index in [2.05, 4.69) is 6.92 Å². The molecule has 0 aliphatic carbocycles. The monoisotopic (exact) mass is 235 g/mol. The lowest BCUT2D eigenvalue weighted by Gasteiger charge is -2.06. The van der Waals surface area contributed by atoms with Crippen LogP contribution in [0.3, 0.4) is 0 Å². The predicted octanol–water partition coefficient (Wildman–Crippen LogP) is 4.45. The number of hydrogen-bond donors (Lipinski definition) is 0. The largest absolute Gasteiger partial charge is 0.457 e. The van der Waals surface area contributed by atoms with Crippen molar-refractivity contribution in [3.05, 3.63) is 65.8 Å². The van der Waals surface area contributed by atoms with Crippen molar-refractivity contribution >= 4 is 11.6 Å². The highest BCUT2D eigenvalue weighted by molar-refractivity contribution is 6.30. The van der Waals surface area contributed by atoms with Gasteiger partial charge in [0.1, 0.15) is 17.3 Å². The van der Waals surface area contributed by atoms with E-state index >= 15 is 0 Å². The van der Waals surface area contributed by atoms with Crippen LogP contribution in [0, 0.1) is 12.7 Å². The van der Waals surface area contributed by atoms with E-state index in [1.807, 2.05) is 12.1 Å². The van der Waals surface area contributed by atoms with Gasteiger partial charge in [-0.1, -0.05) is 23.7 Å². The Balaban J connectivity index is 2.24. The molecule has 2 aromatic rings. The van der Waals surface area contributed by atoms with Crippen LogP contribution >= 0.6 is 11.6 Å². The molecule has 0 saturated heterocycles. The summed E-state index contributed by atoms with van der Waals surface area (Å²) in [6.45, 7) is 3.78. The maximum absolute atomic E-state index is 13.1. The minimum atomic E-state index is -0.495. The van der Waals surface area contributed by atoms with E-state index in [1.165, 1.54) is 12.1 Å². The fourth-order valence-corrected chi connectivity index (χ4v) is 1.40. The maximum Gasteiger partial charge on any atom is 0.145 e. The lowest BCUT2D eigenvalue weighted by molar-refractivity contribution is 0.476. The van der Waals surface area contributed by atoms with Crippen molar-refractivity contribution in [3.8, 4) is 11.5 Å². The topological polar surface area (TPSA) is 9.23 Å². The first kappa shape index (κ1) is 11.0. The number of rotatable bonds is 2. The summed E-state index contributed by atoms with van der Waals surface area (Å²) in [5.41, 5.74) is 0.840. The third kappa shape index (κ3) is 2.52. The molecule has 0 N–H and O–H groups in total. The van der Waals surface area contributed by atoms with E-state index in [4.69, 9.17) is 16.3 Å². The van der Waals surface area contributed by atoms with Crippen molar-refractivity contribution in [2.45, 2.75) is 0 Å². The van der Waals surface area contributed by atoms with Gasteiger partial charge in [-0.15, -0.1) is 0 Å². The molecule has 2 aromatic carbocycles. The standard InChI is InChI=1S/C13H9ClFO/c1-9-3-2-4-10(7-9)16-11-5-6-12(14)13(15)8-11/h2-8H,1H2. The Kier molecular flexibility index (Phi) is 3.11. The molecule has 0 unspecified atom stereocenters. The van der Waals surface area contributed by atoms with Gasteiger partial charge in [0.2, 0.25) is 0 Å². The zero-order valence-electron chi connectivity index (χ0n) is 8.41. The van der Waals surface area contributed by atoms with Gasteiger partial charge in [-0.25, -0.2) is 4.39 Å². The van der Waals surface area contributed by atoms with Gasteiger partial charge < -0.3 is 4.74 Å². The van der Waals surface area contributed by atoms with Crippen molar-refractivity contribution in [2.75, 3.05) is 0 Å². The van der Waals surface area contributed by atoms with Crippen LogP contribution in [0.4, 0.5) is 4.39 Å². The second-order valence-electron chi connectivity index (χ2n) is 3.33. The highest BCUT2D eigenvalue weighted by atomic mass is 35.5. The molecule has 2 rings (SSSR count). The predicted molar refractivity (Wildman–Crippen MR) is 62.4 cm³/mol. The first-order chi connectivity index (χ1) is 7.65. The van der Waals surface area contributed by atoms with E-state index in [9.17, 15) is 4.39 Å². The first-order valence-electron chi connectivity index (χ1n) is 4.70. The Bertz CT molecular complexity index is 511. The zero-order chi connectivity index (χ0) is 11.5. The summed E-state index contributed by atoms with van der Waals surface area (Å²) in [6, 6.07) is 11.5. The number of ether oxygens (including phenoxy) is 1. The SMILES string of the molecule is [CH2]c1cccc(Oc2ccc(Cl)c(F)c2)c1. The van der Waals surface area contributed by atoms with Crippen molar-refractivity contribution in [1.29, 1.82) is 0 Å². The fourth-order valence-electron chi connectivity index (χ4n) is 1.29. The van der Waals surface area contributed by atoms with Crippen molar-refractivity contribution in [3.63, 3.8) is 0 Å². The maximum atomic E-state index is 13.1. The van der Waals surface area contributed by atoms with Gasteiger partial charge in [-0.05, 0) is 36.8 Å². The Morgan fingerprint density at radius 1 is 1.06 bits per heavy atom. The molecular weight excluding hydrogens is 227 g/mol. The molecule has 0 fully saturated rings. The fraction of sp³-hybridized carbons (Fsp3) is 0. The van der Waals surface area contributed by atoms with Crippen LogP contribution in [-0.2, 0) is 0 Å². The molecule has 0 aliphatic heterocycles. The molecule has 0 aliphatic rings. The van der Waals surface area contributed by atoms with Crippen LogP contribution in [0.2, 0.25) is 5.02 Å². The summed E-state index contributed by atoms with van der Waals surface area (Å²) in [6.07, 6.45) is 0. The van der Waals surface area contributed by atoms with Gasteiger partial charge in [-0.2, -0.15) is 0 Å². The number of halogens is 2. The molecule has 16 heavy (non-hydrogen) atoms. The summed E-state index contributed by atoms with van der Waals surface area (Å²) in [5.74, 6) is 0.534. The third-order valence-electron chi connectivity index (χ3n) is 2.03. The van der Waals surface area contributed by atoms with Gasteiger partial charge in [0.25, 0.3) is 0 Å². The highest BCUT2D eigenvalue weighted by Crippen LogP contribution is 2.25. The summed E-state index contributed by atoms with van der Waals surface area (Å²) in [4.78, 5) is 0. The first-order valence-corrected chi connectivity index (χ1v) is 5.08. The minimum Gasteiger partial charge on any atom is -0.457 e. The smallest absolute Gasteiger partial charge is 0.145 e. The van der Waals surface area contributed by atoms with E-state index in [0.717, 1.165) is 5.56 Å². The van der Waals surface area contributed by atoms with Crippen LogP contribution in [0.1, 0.15) is 5.56 Å². The Morgan fingerprint density at radius 3 is 2.50 bits per heavy atom. The molecule has 0 spiro atoms. The van der Waals surface area contributed by atoms with Crippen LogP contribution < -0.4 is 4.74 Å². The van der Waals surface area contributed by atoms with Crippen molar-refractivity contribution < 1.29 is 9.13 Å². The van der Waals surface area contributed by atoms with E-state index in [0.29, 0.717) is 11.5 Å². The lowest BCUT2D eigenvalue weighted by Crippen LogP contribution is -1.86. The molecule has 0 atom stereocenters. The van der Waals surface area contributed by atoms with Gasteiger partial charge in [0.05, 0.1) is 5.02 Å². The number of hydrogen-bond acceptors (Lipinski definition) is 1. The molecule has 1 nitrogen and oxygen atoms in total. The summed E-state index contributed by atoms with van der Waals surface area (Å²) in [5, 5.41) is 0.0817. The summed E-state index contributed by atoms with van der Waals surface area (Å²) in [7, 11) is 0. The van der Waals surface area contributed by atoms with Crippen LogP contribution in [-0.4, -0.2) is 0 Å². The molecule has 81 valence electrons. The highest BCUT2D eigenvalue weighted by Gasteiger charge is 2.02. The van der Waals surface area contributed by atoms with Gasteiger partial charge >= 0.3 is 0 Å². The molecule has 0 aromatic heterocycles. The van der Waals surface area contributed by atoms with E-state index in [-0.39, 0.29) is 5.02 Å².